The zero-order valence-electron chi connectivity index (χ0n) is 8.99. The summed E-state index contributed by atoms with van der Waals surface area (Å²) in [5.74, 6) is -0.00198. The van der Waals surface area contributed by atoms with Crippen LogP contribution in [0.15, 0.2) is 48.5 Å². The lowest BCUT2D eigenvalue weighted by Gasteiger charge is -2.04. The number of carbonyl (C=O) groups is 1. The molecule has 0 fully saturated rings. The molecular weight excluding hydrogens is 255 g/mol. The average Bonchev–Trinajstić information content (AvgIpc) is 2.30. The zero-order chi connectivity index (χ0) is 12.3. The van der Waals surface area contributed by atoms with Crippen LogP contribution in [0.25, 0.3) is 0 Å². The number of hydrogen-bond acceptors (Lipinski definition) is 1. The van der Waals surface area contributed by atoms with E-state index in [2.05, 4.69) is 0 Å². The third-order valence-electron chi connectivity index (χ3n) is 2.44. The number of hydrogen-bond donors (Lipinski definition) is 0. The van der Waals surface area contributed by atoms with Crippen molar-refractivity contribution in [2.75, 3.05) is 0 Å². The van der Waals surface area contributed by atoms with Gasteiger partial charge in [-0.05, 0) is 23.8 Å². The number of rotatable bonds is 3. The Hall–Kier alpha value is -1.31. The molecule has 0 radical (unpaired) electrons. The lowest BCUT2D eigenvalue weighted by molar-refractivity contribution is 0.0993. The molecule has 2 aromatic carbocycles. The predicted molar refractivity (Wildman–Crippen MR) is 70.9 cm³/mol. The van der Waals surface area contributed by atoms with E-state index >= 15 is 0 Å². The second-order valence-electron chi connectivity index (χ2n) is 3.71. The van der Waals surface area contributed by atoms with E-state index in [1.807, 2.05) is 30.3 Å². The second-order valence-corrected chi connectivity index (χ2v) is 4.55. The lowest BCUT2D eigenvalue weighted by Crippen LogP contribution is -2.04. The second kappa shape index (κ2) is 5.35. The van der Waals surface area contributed by atoms with Crippen LogP contribution in [0.5, 0.6) is 0 Å². The van der Waals surface area contributed by atoms with Gasteiger partial charge in [0.05, 0.1) is 5.02 Å². The number of carbonyl (C=O) groups excluding carboxylic acids is 1. The highest BCUT2D eigenvalue weighted by molar-refractivity contribution is 6.36. The highest BCUT2D eigenvalue weighted by Crippen LogP contribution is 2.22. The van der Waals surface area contributed by atoms with E-state index in [-0.39, 0.29) is 5.78 Å². The minimum atomic E-state index is -0.00198. The molecule has 0 saturated heterocycles. The van der Waals surface area contributed by atoms with Crippen LogP contribution < -0.4 is 0 Å². The van der Waals surface area contributed by atoms with Crippen LogP contribution in [-0.4, -0.2) is 5.78 Å². The molecule has 0 heterocycles. The molecule has 1 nitrogen and oxygen atoms in total. The van der Waals surface area contributed by atoms with Crippen LogP contribution >= 0.6 is 23.2 Å². The normalized spacial score (nSPS) is 10.2. The number of Topliss-reactive ketones (excluding diaryl/α,β-unsaturated/α-hetero) is 1. The average molecular weight is 265 g/mol. The molecule has 0 aliphatic rings. The van der Waals surface area contributed by atoms with Gasteiger partial charge < -0.3 is 0 Å². The zero-order valence-corrected chi connectivity index (χ0v) is 10.5. The van der Waals surface area contributed by atoms with E-state index in [0.717, 1.165) is 5.56 Å². The topological polar surface area (TPSA) is 17.1 Å². The van der Waals surface area contributed by atoms with Crippen molar-refractivity contribution in [1.29, 1.82) is 0 Å². The molecule has 0 amide bonds. The maximum absolute atomic E-state index is 12.0. The Morgan fingerprint density at radius 1 is 1.00 bits per heavy atom. The van der Waals surface area contributed by atoms with Crippen LogP contribution in [-0.2, 0) is 6.42 Å². The van der Waals surface area contributed by atoms with Crippen LogP contribution in [0.3, 0.4) is 0 Å². The lowest BCUT2D eigenvalue weighted by atomic mass is 10.0. The van der Waals surface area contributed by atoms with Gasteiger partial charge >= 0.3 is 0 Å². The van der Waals surface area contributed by atoms with Gasteiger partial charge in [-0.25, -0.2) is 0 Å². The van der Waals surface area contributed by atoms with Gasteiger partial charge in [-0.15, -0.1) is 0 Å². The molecule has 0 atom stereocenters. The van der Waals surface area contributed by atoms with Crippen LogP contribution in [0.1, 0.15) is 15.9 Å². The fraction of sp³-hybridized carbons (Fsp3) is 0.0714. The maximum Gasteiger partial charge on any atom is 0.168 e. The molecular formula is C14H10Cl2O. The van der Waals surface area contributed by atoms with E-state index in [4.69, 9.17) is 23.2 Å². The fourth-order valence-corrected chi connectivity index (χ4v) is 2.11. The van der Waals surface area contributed by atoms with Gasteiger partial charge in [0.25, 0.3) is 0 Å². The van der Waals surface area contributed by atoms with Gasteiger partial charge in [-0.2, -0.15) is 0 Å². The van der Waals surface area contributed by atoms with Gasteiger partial charge in [-0.1, -0.05) is 53.5 Å². The molecule has 0 aromatic heterocycles. The van der Waals surface area contributed by atoms with Crippen LogP contribution in [0.2, 0.25) is 10.0 Å². The van der Waals surface area contributed by atoms with E-state index in [0.29, 0.717) is 22.0 Å². The van der Waals surface area contributed by atoms with Crippen LogP contribution in [0, 0.1) is 0 Å². The highest BCUT2D eigenvalue weighted by atomic mass is 35.5. The smallest absolute Gasteiger partial charge is 0.168 e. The third kappa shape index (κ3) is 3.09. The predicted octanol–water partition coefficient (Wildman–Crippen LogP) is 4.42. The van der Waals surface area contributed by atoms with Crippen molar-refractivity contribution in [3.8, 4) is 0 Å². The van der Waals surface area contributed by atoms with Crippen molar-refractivity contribution in [2.24, 2.45) is 0 Å². The Balaban J connectivity index is 2.21. The number of ketones is 1. The van der Waals surface area contributed by atoms with Crippen molar-refractivity contribution in [1.82, 2.24) is 0 Å². The summed E-state index contributed by atoms with van der Waals surface area (Å²) >= 11 is 11.8. The van der Waals surface area contributed by atoms with E-state index in [1.165, 1.54) is 0 Å². The molecule has 2 rings (SSSR count). The SMILES string of the molecule is O=C(Cc1ccccc1)c1ccc(Cl)cc1Cl. The summed E-state index contributed by atoms with van der Waals surface area (Å²) in [5.41, 5.74) is 1.49. The summed E-state index contributed by atoms with van der Waals surface area (Å²) in [6.07, 6.45) is 0.349. The summed E-state index contributed by atoms with van der Waals surface area (Å²) in [7, 11) is 0. The molecule has 0 unspecified atom stereocenters. The highest BCUT2D eigenvalue weighted by Gasteiger charge is 2.11. The van der Waals surface area contributed by atoms with Gasteiger partial charge in [0.15, 0.2) is 5.78 Å². The van der Waals surface area contributed by atoms with E-state index < -0.39 is 0 Å². The van der Waals surface area contributed by atoms with Crippen LogP contribution in [0.4, 0.5) is 0 Å². The molecule has 0 aliphatic carbocycles. The standard InChI is InChI=1S/C14H10Cl2O/c15-11-6-7-12(13(16)9-11)14(17)8-10-4-2-1-3-5-10/h1-7,9H,8H2. The number of benzene rings is 2. The van der Waals surface area contributed by atoms with Crippen molar-refractivity contribution in [3.63, 3.8) is 0 Å². The Morgan fingerprint density at radius 2 is 1.71 bits per heavy atom. The van der Waals surface area contributed by atoms with Gasteiger partial charge in [0, 0.05) is 17.0 Å². The summed E-state index contributed by atoms with van der Waals surface area (Å²) in [5, 5.41) is 0.935. The van der Waals surface area contributed by atoms with E-state index in [1.54, 1.807) is 18.2 Å². The Labute approximate surface area is 110 Å². The van der Waals surface area contributed by atoms with Gasteiger partial charge in [0.2, 0.25) is 0 Å². The Morgan fingerprint density at radius 3 is 2.35 bits per heavy atom. The first-order valence-electron chi connectivity index (χ1n) is 5.19. The van der Waals surface area contributed by atoms with E-state index in [9.17, 15) is 4.79 Å². The molecule has 86 valence electrons. The van der Waals surface area contributed by atoms with Crippen molar-refractivity contribution in [2.45, 2.75) is 6.42 Å². The molecule has 0 saturated carbocycles. The molecule has 3 heteroatoms. The summed E-state index contributed by atoms with van der Waals surface area (Å²) in [4.78, 5) is 12.0. The summed E-state index contributed by atoms with van der Waals surface area (Å²) in [6, 6.07) is 14.5. The Kier molecular flexibility index (Phi) is 3.82. The quantitative estimate of drug-likeness (QED) is 0.751. The molecule has 0 N–H and O–H groups in total. The third-order valence-corrected chi connectivity index (χ3v) is 2.99. The molecule has 0 bridgehead atoms. The first-order chi connectivity index (χ1) is 8.16. The monoisotopic (exact) mass is 264 g/mol. The largest absolute Gasteiger partial charge is 0.294 e. The number of halogens is 2. The summed E-state index contributed by atoms with van der Waals surface area (Å²) in [6.45, 7) is 0. The maximum atomic E-state index is 12.0. The molecule has 17 heavy (non-hydrogen) atoms. The first kappa shape index (κ1) is 12.2. The molecule has 2 aromatic rings. The minimum Gasteiger partial charge on any atom is -0.294 e. The minimum absolute atomic E-state index is 0.00198. The molecule has 0 spiro atoms. The first-order valence-corrected chi connectivity index (χ1v) is 5.94. The van der Waals surface area contributed by atoms with Gasteiger partial charge in [0.1, 0.15) is 0 Å². The molecule has 0 aliphatic heterocycles. The van der Waals surface area contributed by atoms with Crippen molar-refractivity contribution in [3.05, 3.63) is 69.7 Å². The summed E-state index contributed by atoms with van der Waals surface area (Å²) < 4.78 is 0. The van der Waals surface area contributed by atoms with Crippen molar-refractivity contribution >= 4 is 29.0 Å². The van der Waals surface area contributed by atoms with Gasteiger partial charge in [-0.3, -0.25) is 4.79 Å². The Bertz CT molecular complexity index is 535. The fourth-order valence-electron chi connectivity index (χ4n) is 1.59. The van der Waals surface area contributed by atoms with Crippen molar-refractivity contribution < 1.29 is 4.79 Å².